The smallest absolute Gasteiger partial charge is 0.264 e. The molecular formula is C27H31N7O4S. The molecule has 0 bridgehead atoms. The number of piperazine rings is 1. The van der Waals surface area contributed by atoms with Crippen molar-refractivity contribution in [1.82, 2.24) is 24.8 Å². The van der Waals surface area contributed by atoms with E-state index in [-0.39, 0.29) is 16.5 Å². The predicted molar refractivity (Wildman–Crippen MR) is 150 cm³/mol. The summed E-state index contributed by atoms with van der Waals surface area (Å²) in [5, 5.41) is 3.16. The first-order valence-corrected chi connectivity index (χ1v) is 14.0. The van der Waals surface area contributed by atoms with Crippen LogP contribution in [0, 0.1) is 0 Å². The molecule has 1 fully saturated rings. The van der Waals surface area contributed by atoms with Crippen molar-refractivity contribution in [3.8, 4) is 11.5 Å². The summed E-state index contributed by atoms with van der Waals surface area (Å²) in [7, 11) is 1.21. The molecule has 12 heteroatoms. The lowest BCUT2D eigenvalue weighted by molar-refractivity contribution is 0.147. The van der Waals surface area contributed by atoms with Gasteiger partial charge in [-0.2, -0.15) is 0 Å². The normalized spacial score (nSPS) is 14.7. The number of nitrogens with one attached hydrogen (secondary N) is 2. The monoisotopic (exact) mass is 549 g/mol. The van der Waals surface area contributed by atoms with Crippen LogP contribution in [0.25, 0.3) is 11.0 Å². The minimum Gasteiger partial charge on any atom is -0.497 e. The highest BCUT2D eigenvalue weighted by atomic mass is 32.2. The number of nitrogens with zero attached hydrogens (tertiary/aromatic N) is 5. The zero-order chi connectivity index (χ0) is 27.4. The standard InChI is InChI=1S/C27H31N7O4S/c1-33-10-12-34(13-11-33)18-19-8-9-23(17-28-19)39(35,36)32-27-26(30-24-6-4-5-7-25(24)31-27)29-20-14-21(37-2)16-22(15-20)38-3/h4-9,14-17H,10-13,18H2,1-3H3,(H,29,30)(H,31,32). The Labute approximate surface area is 227 Å². The number of fused-ring (bicyclic) bond motifs is 1. The Morgan fingerprint density at radius 1 is 0.872 bits per heavy atom. The van der Waals surface area contributed by atoms with Crippen LogP contribution >= 0.6 is 0 Å². The molecule has 2 aromatic carbocycles. The maximum absolute atomic E-state index is 13.4. The van der Waals surface area contributed by atoms with Crippen molar-refractivity contribution in [3.05, 3.63) is 66.5 Å². The van der Waals surface area contributed by atoms with Crippen LogP contribution in [-0.2, 0) is 16.6 Å². The van der Waals surface area contributed by atoms with E-state index in [1.807, 2.05) is 12.1 Å². The molecular weight excluding hydrogens is 518 g/mol. The van der Waals surface area contributed by atoms with Gasteiger partial charge in [-0.05, 0) is 31.3 Å². The Balaban J connectivity index is 1.41. The molecule has 39 heavy (non-hydrogen) atoms. The fraction of sp³-hybridized carbons (Fsp3) is 0.296. The number of pyridine rings is 1. The largest absolute Gasteiger partial charge is 0.497 e. The predicted octanol–water partition coefficient (Wildman–Crippen LogP) is 3.33. The van der Waals surface area contributed by atoms with E-state index in [0.717, 1.165) is 31.9 Å². The number of likely N-dealkylation sites (N-methyl/N-ethyl adjacent to an activating group) is 1. The van der Waals surface area contributed by atoms with E-state index in [9.17, 15) is 8.42 Å². The Bertz CT molecular complexity index is 1530. The maximum atomic E-state index is 13.4. The van der Waals surface area contributed by atoms with Gasteiger partial charge in [-0.1, -0.05) is 12.1 Å². The molecule has 4 aromatic rings. The Hall–Kier alpha value is -4.00. The van der Waals surface area contributed by atoms with Gasteiger partial charge in [0, 0.05) is 62.8 Å². The van der Waals surface area contributed by atoms with Gasteiger partial charge in [0.25, 0.3) is 10.0 Å². The third-order valence-electron chi connectivity index (χ3n) is 6.51. The van der Waals surface area contributed by atoms with Crippen LogP contribution in [0.1, 0.15) is 5.69 Å². The van der Waals surface area contributed by atoms with Crippen LogP contribution in [0.4, 0.5) is 17.3 Å². The van der Waals surface area contributed by atoms with Gasteiger partial charge in [0.15, 0.2) is 11.6 Å². The van der Waals surface area contributed by atoms with Gasteiger partial charge in [0.2, 0.25) is 0 Å². The summed E-state index contributed by atoms with van der Waals surface area (Å²) in [5.41, 5.74) is 2.56. The molecule has 0 atom stereocenters. The van der Waals surface area contributed by atoms with Gasteiger partial charge < -0.3 is 19.7 Å². The molecule has 3 heterocycles. The Morgan fingerprint density at radius 3 is 2.10 bits per heavy atom. The summed E-state index contributed by atoms with van der Waals surface area (Å²) in [6.07, 6.45) is 1.38. The average molecular weight is 550 g/mol. The van der Waals surface area contributed by atoms with Crippen LogP contribution < -0.4 is 19.5 Å². The summed E-state index contributed by atoms with van der Waals surface area (Å²) in [5.74, 6) is 1.41. The van der Waals surface area contributed by atoms with E-state index >= 15 is 0 Å². The lowest BCUT2D eigenvalue weighted by atomic mass is 10.2. The minimum absolute atomic E-state index is 0.0357. The zero-order valence-electron chi connectivity index (χ0n) is 22.1. The molecule has 1 aliphatic heterocycles. The van der Waals surface area contributed by atoms with E-state index in [1.54, 1.807) is 56.7 Å². The van der Waals surface area contributed by atoms with Crippen molar-refractivity contribution < 1.29 is 17.9 Å². The number of hydrogen-bond acceptors (Lipinski definition) is 10. The quantitative estimate of drug-likeness (QED) is 0.321. The van der Waals surface area contributed by atoms with Gasteiger partial charge >= 0.3 is 0 Å². The first kappa shape index (κ1) is 26.6. The van der Waals surface area contributed by atoms with Crippen molar-refractivity contribution in [3.63, 3.8) is 0 Å². The second kappa shape index (κ2) is 11.4. The van der Waals surface area contributed by atoms with E-state index < -0.39 is 10.0 Å². The number of rotatable bonds is 9. The molecule has 0 saturated carbocycles. The number of hydrogen-bond donors (Lipinski definition) is 2. The first-order chi connectivity index (χ1) is 18.8. The fourth-order valence-corrected chi connectivity index (χ4v) is 5.21. The van der Waals surface area contributed by atoms with Gasteiger partial charge in [0.1, 0.15) is 16.4 Å². The van der Waals surface area contributed by atoms with Crippen LogP contribution in [0.15, 0.2) is 65.7 Å². The number of aromatic nitrogens is 3. The molecule has 2 aromatic heterocycles. The van der Waals surface area contributed by atoms with Crippen molar-refractivity contribution in [2.75, 3.05) is 57.5 Å². The van der Waals surface area contributed by atoms with Gasteiger partial charge in [-0.3, -0.25) is 14.6 Å². The molecule has 0 aliphatic carbocycles. The number of sulfonamides is 1. The number of benzene rings is 2. The molecule has 2 N–H and O–H groups in total. The number of methoxy groups -OCH3 is 2. The number of para-hydroxylation sites is 2. The van der Waals surface area contributed by atoms with Crippen molar-refractivity contribution in [2.24, 2.45) is 0 Å². The number of anilines is 3. The molecule has 5 rings (SSSR count). The van der Waals surface area contributed by atoms with Gasteiger partial charge in [-0.25, -0.2) is 18.4 Å². The summed E-state index contributed by atoms with van der Waals surface area (Å²) in [6.45, 7) is 4.59. The summed E-state index contributed by atoms with van der Waals surface area (Å²) < 4.78 is 40.1. The topological polar surface area (TPSA) is 122 Å². The zero-order valence-corrected chi connectivity index (χ0v) is 22.9. The fourth-order valence-electron chi connectivity index (χ4n) is 4.26. The molecule has 1 aliphatic rings. The minimum atomic E-state index is -4.00. The van der Waals surface area contributed by atoms with E-state index in [4.69, 9.17) is 9.47 Å². The second-order valence-corrected chi connectivity index (χ2v) is 11.0. The summed E-state index contributed by atoms with van der Waals surface area (Å²) >= 11 is 0. The molecule has 1 saturated heterocycles. The molecule has 204 valence electrons. The molecule has 0 unspecified atom stereocenters. The van der Waals surface area contributed by atoms with Crippen LogP contribution in [-0.4, -0.2) is 80.6 Å². The van der Waals surface area contributed by atoms with E-state index in [1.165, 1.54) is 6.20 Å². The van der Waals surface area contributed by atoms with Crippen LogP contribution in [0.2, 0.25) is 0 Å². The van der Waals surface area contributed by atoms with Crippen LogP contribution in [0.5, 0.6) is 11.5 Å². The Morgan fingerprint density at radius 2 is 1.51 bits per heavy atom. The third-order valence-corrected chi connectivity index (χ3v) is 7.83. The van der Waals surface area contributed by atoms with Gasteiger partial charge in [-0.15, -0.1) is 0 Å². The molecule has 0 radical (unpaired) electrons. The third kappa shape index (κ3) is 6.36. The molecule has 11 nitrogen and oxygen atoms in total. The lowest BCUT2D eigenvalue weighted by Crippen LogP contribution is -2.44. The highest BCUT2D eigenvalue weighted by Gasteiger charge is 2.21. The molecule has 0 amide bonds. The highest BCUT2D eigenvalue weighted by Crippen LogP contribution is 2.31. The Kier molecular flexibility index (Phi) is 7.77. The first-order valence-electron chi connectivity index (χ1n) is 12.5. The van der Waals surface area contributed by atoms with Crippen LogP contribution in [0.3, 0.4) is 0 Å². The second-order valence-electron chi connectivity index (χ2n) is 9.31. The van der Waals surface area contributed by atoms with E-state index in [2.05, 4.69) is 41.8 Å². The van der Waals surface area contributed by atoms with Crippen molar-refractivity contribution in [1.29, 1.82) is 0 Å². The van der Waals surface area contributed by atoms with E-state index in [0.29, 0.717) is 34.8 Å². The average Bonchev–Trinajstić information content (AvgIpc) is 2.94. The molecule has 0 spiro atoms. The number of ether oxygens (including phenoxy) is 2. The highest BCUT2D eigenvalue weighted by molar-refractivity contribution is 7.92. The summed E-state index contributed by atoms with van der Waals surface area (Å²) in [6, 6.07) is 15.8. The van der Waals surface area contributed by atoms with Crippen molar-refractivity contribution in [2.45, 2.75) is 11.4 Å². The maximum Gasteiger partial charge on any atom is 0.264 e. The van der Waals surface area contributed by atoms with Gasteiger partial charge in [0.05, 0.1) is 30.9 Å². The lowest BCUT2D eigenvalue weighted by Gasteiger charge is -2.32. The SMILES string of the molecule is COc1cc(Nc2nc3ccccc3nc2NS(=O)(=O)c2ccc(CN3CCN(C)CC3)nc2)cc(OC)c1. The van der Waals surface area contributed by atoms with Crippen molar-refractivity contribution >= 4 is 38.4 Å². The summed E-state index contributed by atoms with van der Waals surface area (Å²) in [4.78, 5) is 18.3.